The Labute approximate surface area is 310 Å². The lowest BCUT2D eigenvalue weighted by Crippen LogP contribution is -2.51. The molecule has 284 valence electrons. The maximum absolute atomic E-state index is 13.4. The van der Waals surface area contributed by atoms with E-state index in [1.54, 1.807) is 17.1 Å². The predicted molar refractivity (Wildman–Crippen MR) is 198 cm³/mol. The number of amides is 2. The van der Waals surface area contributed by atoms with Gasteiger partial charge in [0.2, 0.25) is 0 Å². The number of hydrogen-bond donors (Lipinski definition) is 2. The Morgan fingerprint density at radius 2 is 1.12 bits per heavy atom. The van der Waals surface area contributed by atoms with E-state index in [1.807, 2.05) is 60.7 Å². The third-order valence-corrected chi connectivity index (χ3v) is 9.35. The van der Waals surface area contributed by atoms with Gasteiger partial charge in [0.1, 0.15) is 12.2 Å². The Morgan fingerprint density at radius 3 is 1.50 bits per heavy atom. The van der Waals surface area contributed by atoms with Crippen LogP contribution >= 0.6 is 12.4 Å². The van der Waals surface area contributed by atoms with Crippen LogP contribution in [0.3, 0.4) is 0 Å². The van der Waals surface area contributed by atoms with Crippen molar-refractivity contribution in [1.29, 1.82) is 0 Å². The molecule has 0 saturated carbocycles. The number of benzene rings is 2. The molecule has 2 heterocycles. The number of hydrogen-bond acceptors (Lipinski definition) is 6. The minimum atomic E-state index is -2.79. The fourth-order valence-corrected chi connectivity index (χ4v) is 6.36. The van der Waals surface area contributed by atoms with E-state index in [9.17, 15) is 22.4 Å². The number of allylic oxidation sites excluding steroid dienone is 4. The van der Waals surface area contributed by atoms with Crippen LogP contribution in [-0.2, 0) is 9.47 Å². The minimum Gasteiger partial charge on any atom is -0.367 e. The lowest BCUT2D eigenvalue weighted by molar-refractivity contribution is 0.0422. The van der Waals surface area contributed by atoms with E-state index in [1.165, 1.54) is 12.2 Å². The number of carbonyl (C=O) groups is 1. The number of urea groups is 1. The molecule has 2 aliphatic heterocycles. The van der Waals surface area contributed by atoms with Crippen molar-refractivity contribution in [2.24, 2.45) is 5.73 Å². The zero-order valence-corrected chi connectivity index (χ0v) is 30.2. The Balaban J connectivity index is 0.000000230. The normalized spacial score (nSPS) is 21.1. The van der Waals surface area contributed by atoms with Gasteiger partial charge in [-0.3, -0.25) is 9.80 Å². The topological polar surface area (TPSA) is 83.3 Å². The minimum absolute atomic E-state index is 0. The first-order chi connectivity index (χ1) is 24.6. The van der Waals surface area contributed by atoms with Gasteiger partial charge in [-0.25, -0.2) is 22.4 Å². The van der Waals surface area contributed by atoms with Gasteiger partial charge < -0.3 is 25.4 Å². The van der Waals surface area contributed by atoms with Crippen molar-refractivity contribution in [3.05, 3.63) is 119 Å². The summed E-state index contributed by atoms with van der Waals surface area (Å²) in [4.78, 5) is 17.4. The highest BCUT2D eigenvalue weighted by atomic mass is 35.5. The van der Waals surface area contributed by atoms with Gasteiger partial charge in [-0.05, 0) is 34.4 Å². The standard InChI is InChI=1S/C20H25F2N3O2.C19H24F2N2O.ClH/c21-20(22)8-6-17(7-9-20)18(16-4-2-1-3-5-16)27-15-14-24-10-12-25(13-11-24)19(23)26;20-19(21)8-6-17(7-9-19)18(16-4-2-1-3-5-16)24-15-14-23-12-10-22-11-13-23;/h1-8,18H,9-15H2,(H2,23,26);1-8,18,22H,9-15H2;1H. The Kier molecular flexibility index (Phi) is 15.9. The molecule has 3 N–H and O–H groups in total. The predicted octanol–water partition coefficient (Wildman–Crippen LogP) is 6.56. The number of nitrogens with two attached hydrogens (primary N) is 1. The summed E-state index contributed by atoms with van der Waals surface area (Å²) in [6, 6.07) is 19.0. The van der Waals surface area contributed by atoms with E-state index in [0.29, 0.717) is 32.8 Å². The average Bonchev–Trinajstić information content (AvgIpc) is 3.14. The fourth-order valence-electron chi connectivity index (χ4n) is 6.36. The van der Waals surface area contributed by atoms with Crippen LogP contribution in [0.15, 0.2) is 108 Å². The second kappa shape index (κ2) is 20.1. The largest absolute Gasteiger partial charge is 0.367 e. The molecule has 8 nitrogen and oxygen atoms in total. The summed E-state index contributed by atoms with van der Waals surface area (Å²) >= 11 is 0. The first-order valence-electron chi connectivity index (χ1n) is 17.7. The van der Waals surface area contributed by atoms with Crippen LogP contribution in [0.2, 0.25) is 0 Å². The maximum Gasteiger partial charge on any atom is 0.314 e. The second-order valence-electron chi connectivity index (χ2n) is 13.1. The van der Waals surface area contributed by atoms with Gasteiger partial charge in [-0.15, -0.1) is 12.4 Å². The van der Waals surface area contributed by atoms with Gasteiger partial charge >= 0.3 is 6.03 Å². The van der Waals surface area contributed by atoms with Crippen molar-refractivity contribution < 1.29 is 31.8 Å². The van der Waals surface area contributed by atoms with E-state index >= 15 is 0 Å². The lowest BCUT2D eigenvalue weighted by Gasteiger charge is -2.34. The van der Waals surface area contributed by atoms with Crippen LogP contribution < -0.4 is 11.1 Å². The number of rotatable bonds is 12. The van der Waals surface area contributed by atoms with E-state index in [4.69, 9.17) is 15.2 Å². The van der Waals surface area contributed by atoms with Crippen LogP contribution in [0.25, 0.3) is 0 Å². The van der Waals surface area contributed by atoms with Gasteiger partial charge in [0, 0.05) is 78.3 Å². The molecule has 2 aromatic carbocycles. The molecular weight excluding hydrogens is 698 g/mol. The zero-order chi connectivity index (χ0) is 36.1. The van der Waals surface area contributed by atoms with Crippen molar-refractivity contribution in [3.63, 3.8) is 0 Å². The molecule has 2 fully saturated rings. The fraction of sp³-hybridized carbons (Fsp3) is 0.462. The van der Waals surface area contributed by atoms with E-state index in [2.05, 4.69) is 15.1 Å². The molecule has 52 heavy (non-hydrogen) atoms. The molecule has 13 heteroatoms. The van der Waals surface area contributed by atoms with Crippen molar-refractivity contribution in [2.45, 2.75) is 36.9 Å². The number of carbonyl (C=O) groups excluding carboxylic acids is 1. The van der Waals surface area contributed by atoms with Crippen molar-refractivity contribution >= 4 is 18.4 Å². The molecule has 0 aromatic heterocycles. The smallest absolute Gasteiger partial charge is 0.314 e. The summed E-state index contributed by atoms with van der Waals surface area (Å²) in [6.07, 6.45) is 6.84. The highest BCUT2D eigenvalue weighted by molar-refractivity contribution is 5.85. The zero-order valence-electron chi connectivity index (χ0n) is 29.4. The van der Waals surface area contributed by atoms with Crippen LogP contribution in [0.5, 0.6) is 0 Å². The number of piperazine rings is 2. The third-order valence-electron chi connectivity index (χ3n) is 9.35. The maximum atomic E-state index is 13.4. The van der Waals surface area contributed by atoms with Crippen molar-refractivity contribution in [1.82, 2.24) is 20.0 Å². The van der Waals surface area contributed by atoms with Crippen LogP contribution in [0.4, 0.5) is 22.4 Å². The molecule has 0 spiro atoms. The van der Waals surface area contributed by atoms with Gasteiger partial charge in [0.05, 0.1) is 13.2 Å². The summed E-state index contributed by atoms with van der Waals surface area (Å²) in [5.74, 6) is -5.53. The SMILES string of the molecule is Cl.FC1(F)C=CC(C(OCCN2CCNCC2)c2ccccc2)=CC1.NC(=O)N1CCN(CCOC(C2=CCC(F)(F)C=C2)c2ccccc2)CC1. The summed E-state index contributed by atoms with van der Waals surface area (Å²) in [6.45, 7) is 9.40. The Hall–Kier alpha value is -3.52. The van der Waals surface area contributed by atoms with E-state index < -0.39 is 11.8 Å². The van der Waals surface area contributed by atoms with E-state index in [0.717, 1.165) is 80.2 Å². The summed E-state index contributed by atoms with van der Waals surface area (Å²) < 4.78 is 65.7. The number of ether oxygens (including phenoxy) is 2. The van der Waals surface area contributed by atoms with Gasteiger partial charge in [-0.1, -0.05) is 85.0 Å². The number of alkyl halides is 4. The number of primary amides is 1. The quantitative estimate of drug-likeness (QED) is 0.240. The van der Waals surface area contributed by atoms with Gasteiger partial charge in [0.15, 0.2) is 0 Å². The molecule has 2 saturated heterocycles. The molecule has 2 atom stereocenters. The van der Waals surface area contributed by atoms with Crippen molar-refractivity contribution in [2.75, 3.05) is 78.7 Å². The molecule has 0 bridgehead atoms. The summed E-state index contributed by atoms with van der Waals surface area (Å²) in [7, 11) is 0. The highest BCUT2D eigenvalue weighted by Crippen LogP contribution is 2.35. The molecule has 2 unspecified atom stereocenters. The number of nitrogens with zero attached hydrogens (tertiary/aromatic N) is 3. The average molecular weight is 748 g/mol. The first-order valence-corrected chi connectivity index (χ1v) is 17.7. The molecule has 2 aromatic rings. The molecular formula is C39H50ClF4N5O3. The molecule has 2 aliphatic carbocycles. The van der Waals surface area contributed by atoms with Gasteiger partial charge in [0.25, 0.3) is 11.8 Å². The first kappa shape index (κ1) is 41.2. The molecule has 4 aliphatic rings. The molecule has 6 rings (SSSR count). The Morgan fingerprint density at radius 1 is 0.692 bits per heavy atom. The monoisotopic (exact) mass is 747 g/mol. The molecule has 2 amide bonds. The summed E-state index contributed by atoms with van der Waals surface area (Å²) in [5.41, 5.74) is 8.80. The number of nitrogens with one attached hydrogen (secondary N) is 1. The summed E-state index contributed by atoms with van der Waals surface area (Å²) in [5, 5.41) is 3.33. The van der Waals surface area contributed by atoms with Crippen molar-refractivity contribution in [3.8, 4) is 0 Å². The highest BCUT2D eigenvalue weighted by Gasteiger charge is 2.30. The third kappa shape index (κ3) is 12.9. The van der Waals surface area contributed by atoms with E-state index in [-0.39, 0.29) is 43.5 Å². The Bertz CT molecular complexity index is 1510. The van der Waals surface area contributed by atoms with Crippen LogP contribution in [0, 0.1) is 0 Å². The van der Waals surface area contributed by atoms with Crippen LogP contribution in [-0.4, -0.2) is 111 Å². The number of halogens is 5. The lowest BCUT2D eigenvalue weighted by atomic mass is 9.95. The second-order valence-corrected chi connectivity index (χ2v) is 13.1. The van der Waals surface area contributed by atoms with Gasteiger partial charge in [-0.2, -0.15) is 0 Å². The van der Waals surface area contributed by atoms with Crippen LogP contribution in [0.1, 0.15) is 36.2 Å². The molecule has 0 radical (unpaired) electrons.